The van der Waals surface area contributed by atoms with Crippen molar-refractivity contribution in [1.29, 1.82) is 0 Å². The van der Waals surface area contributed by atoms with Gasteiger partial charge in [0.15, 0.2) is 0 Å². The number of nitrogens with one attached hydrogen (secondary N) is 1. The second kappa shape index (κ2) is 9.60. The van der Waals surface area contributed by atoms with Gasteiger partial charge < -0.3 is 15.0 Å². The maximum absolute atomic E-state index is 12.9. The molecule has 0 radical (unpaired) electrons. The molecule has 1 atom stereocenters. The van der Waals surface area contributed by atoms with Gasteiger partial charge in [-0.2, -0.15) is 0 Å². The Labute approximate surface area is 156 Å². The van der Waals surface area contributed by atoms with E-state index in [1.165, 1.54) is 19.3 Å². The highest BCUT2D eigenvalue weighted by atomic mass is 16.5. The summed E-state index contributed by atoms with van der Waals surface area (Å²) in [7, 11) is 0. The van der Waals surface area contributed by atoms with E-state index >= 15 is 0 Å². The van der Waals surface area contributed by atoms with Crippen LogP contribution in [0.3, 0.4) is 0 Å². The highest BCUT2D eigenvalue weighted by Gasteiger charge is 2.30. The molecule has 5 heteroatoms. The number of alkyl carbamates (subject to hydrolysis) is 1. The summed E-state index contributed by atoms with van der Waals surface area (Å²) in [6, 6.07) is 9.14. The molecule has 26 heavy (non-hydrogen) atoms. The minimum absolute atomic E-state index is 0.0599. The maximum Gasteiger partial charge on any atom is 0.408 e. The first kappa shape index (κ1) is 18.7. The van der Waals surface area contributed by atoms with E-state index in [1.807, 2.05) is 35.2 Å². The van der Waals surface area contributed by atoms with Gasteiger partial charge in [0.25, 0.3) is 0 Å². The summed E-state index contributed by atoms with van der Waals surface area (Å²) in [6.45, 7) is 1.84. The van der Waals surface area contributed by atoms with Crippen LogP contribution in [0.15, 0.2) is 30.3 Å². The minimum atomic E-state index is -0.498. The van der Waals surface area contributed by atoms with E-state index in [1.54, 1.807) is 0 Å². The van der Waals surface area contributed by atoms with E-state index in [0.29, 0.717) is 5.92 Å². The zero-order valence-electron chi connectivity index (χ0n) is 15.5. The molecule has 1 aliphatic carbocycles. The average Bonchev–Trinajstić information content (AvgIpc) is 3.22. The number of carbonyl (C=O) groups is 2. The molecule has 142 valence electrons. The standard InChI is InChI=1S/C21H30N2O3/c24-20(23-13-7-8-14-23)19(15-17-9-3-1-4-10-17)22-21(25)26-16-18-11-5-2-6-12-18/h2,5-6,11-12,17,19H,1,3-4,7-10,13-16H2,(H,22,25)/t19-/m0/s1. The molecule has 0 aromatic heterocycles. The van der Waals surface area contributed by atoms with Crippen molar-refractivity contribution in [2.45, 2.75) is 64.0 Å². The van der Waals surface area contributed by atoms with Crippen LogP contribution in [0.4, 0.5) is 4.79 Å². The largest absolute Gasteiger partial charge is 0.445 e. The summed E-state index contributed by atoms with van der Waals surface area (Å²) in [5.41, 5.74) is 0.942. The zero-order valence-corrected chi connectivity index (χ0v) is 15.5. The number of rotatable bonds is 6. The molecule has 1 heterocycles. The highest BCUT2D eigenvalue weighted by Crippen LogP contribution is 2.28. The molecule has 0 spiro atoms. The highest BCUT2D eigenvalue weighted by molar-refractivity contribution is 5.85. The first-order chi connectivity index (χ1) is 12.7. The molecule has 3 rings (SSSR count). The van der Waals surface area contributed by atoms with Gasteiger partial charge in [-0.15, -0.1) is 0 Å². The molecule has 1 saturated heterocycles. The number of ether oxygens (including phenoxy) is 1. The normalized spacial score (nSPS) is 19.2. The molecule has 1 saturated carbocycles. The SMILES string of the molecule is O=C(N[C@@H](CC1CCCCC1)C(=O)N1CCCC1)OCc1ccccc1. The van der Waals surface area contributed by atoms with E-state index in [0.717, 1.165) is 50.8 Å². The zero-order chi connectivity index (χ0) is 18.2. The molecular formula is C21H30N2O3. The molecule has 1 aliphatic heterocycles. The molecular weight excluding hydrogens is 328 g/mol. The van der Waals surface area contributed by atoms with Gasteiger partial charge in [-0.1, -0.05) is 62.4 Å². The predicted molar refractivity (Wildman–Crippen MR) is 101 cm³/mol. The molecule has 5 nitrogen and oxygen atoms in total. The Morgan fingerprint density at radius 1 is 1.04 bits per heavy atom. The van der Waals surface area contributed by atoms with Gasteiger partial charge >= 0.3 is 6.09 Å². The lowest BCUT2D eigenvalue weighted by Gasteiger charge is -2.29. The fraction of sp³-hybridized carbons (Fsp3) is 0.619. The molecule has 2 fully saturated rings. The molecule has 2 aliphatic rings. The molecule has 2 amide bonds. The molecule has 0 unspecified atom stereocenters. The first-order valence-electron chi connectivity index (χ1n) is 9.98. The van der Waals surface area contributed by atoms with Crippen molar-refractivity contribution in [1.82, 2.24) is 10.2 Å². The van der Waals surface area contributed by atoms with Gasteiger partial charge in [0.2, 0.25) is 5.91 Å². The quantitative estimate of drug-likeness (QED) is 0.840. The van der Waals surface area contributed by atoms with E-state index in [4.69, 9.17) is 4.74 Å². The Morgan fingerprint density at radius 2 is 1.73 bits per heavy atom. The van der Waals surface area contributed by atoms with E-state index in [-0.39, 0.29) is 12.5 Å². The van der Waals surface area contributed by atoms with Crippen molar-refractivity contribution in [3.05, 3.63) is 35.9 Å². The maximum atomic E-state index is 12.9. The van der Waals surface area contributed by atoms with Crippen molar-refractivity contribution in [3.63, 3.8) is 0 Å². The van der Waals surface area contributed by atoms with E-state index < -0.39 is 12.1 Å². The summed E-state index contributed by atoms with van der Waals surface area (Å²) in [6.07, 6.45) is 8.41. The fourth-order valence-electron chi connectivity index (χ4n) is 4.04. The second-order valence-corrected chi connectivity index (χ2v) is 7.53. The van der Waals surface area contributed by atoms with E-state index in [9.17, 15) is 9.59 Å². The summed E-state index contributed by atoms with van der Waals surface area (Å²) in [5.74, 6) is 0.583. The molecule has 1 aromatic carbocycles. The monoisotopic (exact) mass is 358 g/mol. The number of nitrogens with zero attached hydrogens (tertiary/aromatic N) is 1. The van der Waals surface area contributed by atoms with Gasteiger partial charge in [-0.3, -0.25) is 4.79 Å². The van der Waals surface area contributed by atoms with Crippen LogP contribution >= 0.6 is 0 Å². The van der Waals surface area contributed by atoms with Crippen molar-refractivity contribution < 1.29 is 14.3 Å². The first-order valence-corrected chi connectivity index (χ1v) is 9.98. The lowest BCUT2D eigenvalue weighted by atomic mass is 9.84. The van der Waals surface area contributed by atoms with Crippen molar-refractivity contribution >= 4 is 12.0 Å². The van der Waals surface area contributed by atoms with Crippen LogP contribution in [0.2, 0.25) is 0 Å². The van der Waals surface area contributed by atoms with Crippen molar-refractivity contribution in [2.75, 3.05) is 13.1 Å². The Bertz CT molecular complexity index is 578. The smallest absolute Gasteiger partial charge is 0.408 e. The fourth-order valence-corrected chi connectivity index (χ4v) is 4.04. The van der Waals surface area contributed by atoms with Crippen LogP contribution in [0, 0.1) is 5.92 Å². The second-order valence-electron chi connectivity index (χ2n) is 7.53. The third kappa shape index (κ3) is 5.48. The number of benzene rings is 1. The van der Waals surface area contributed by atoms with Crippen LogP contribution in [0.5, 0.6) is 0 Å². The topological polar surface area (TPSA) is 58.6 Å². The summed E-state index contributed by atoms with van der Waals surface area (Å²) >= 11 is 0. The third-order valence-electron chi connectivity index (χ3n) is 5.51. The molecule has 0 bridgehead atoms. The Morgan fingerprint density at radius 3 is 2.42 bits per heavy atom. The summed E-state index contributed by atoms with van der Waals surface area (Å²) in [5, 5.41) is 2.86. The van der Waals surface area contributed by atoms with Gasteiger partial charge in [0.05, 0.1) is 0 Å². The Balaban J connectivity index is 1.56. The number of carbonyl (C=O) groups excluding carboxylic acids is 2. The van der Waals surface area contributed by atoms with Crippen LogP contribution in [0.1, 0.15) is 56.9 Å². The number of amides is 2. The van der Waals surface area contributed by atoms with Crippen LogP contribution < -0.4 is 5.32 Å². The predicted octanol–water partition coefficient (Wildman–Crippen LogP) is 3.87. The molecule has 1 aromatic rings. The Hall–Kier alpha value is -2.04. The van der Waals surface area contributed by atoms with Crippen molar-refractivity contribution in [3.8, 4) is 0 Å². The van der Waals surface area contributed by atoms with Gasteiger partial charge in [0.1, 0.15) is 12.6 Å². The minimum Gasteiger partial charge on any atom is -0.445 e. The average molecular weight is 358 g/mol. The number of hydrogen-bond donors (Lipinski definition) is 1. The lowest BCUT2D eigenvalue weighted by molar-refractivity contribution is -0.132. The third-order valence-corrected chi connectivity index (χ3v) is 5.51. The number of likely N-dealkylation sites (tertiary alicyclic amines) is 1. The summed E-state index contributed by atoms with van der Waals surface area (Å²) < 4.78 is 5.34. The van der Waals surface area contributed by atoms with Crippen LogP contribution in [-0.2, 0) is 16.1 Å². The number of hydrogen-bond acceptors (Lipinski definition) is 3. The summed E-state index contributed by atoms with van der Waals surface area (Å²) in [4.78, 5) is 27.1. The van der Waals surface area contributed by atoms with Gasteiger partial charge in [-0.05, 0) is 30.7 Å². The van der Waals surface area contributed by atoms with Crippen molar-refractivity contribution in [2.24, 2.45) is 5.92 Å². The Kier molecular flexibility index (Phi) is 6.92. The van der Waals surface area contributed by atoms with E-state index in [2.05, 4.69) is 5.32 Å². The molecule has 1 N–H and O–H groups in total. The van der Waals surface area contributed by atoms with Crippen LogP contribution in [0.25, 0.3) is 0 Å². The van der Waals surface area contributed by atoms with Crippen LogP contribution in [-0.4, -0.2) is 36.0 Å². The van der Waals surface area contributed by atoms with Gasteiger partial charge in [-0.25, -0.2) is 4.79 Å². The van der Waals surface area contributed by atoms with Gasteiger partial charge in [0, 0.05) is 13.1 Å². The lowest BCUT2D eigenvalue weighted by Crippen LogP contribution is -2.48.